The van der Waals surface area contributed by atoms with Crippen LogP contribution in [0.1, 0.15) is 19.4 Å². The van der Waals surface area contributed by atoms with E-state index in [-0.39, 0.29) is 17.3 Å². The predicted molar refractivity (Wildman–Crippen MR) is 78.1 cm³/mol. The van der Waals surface area contributed by atoms with Gasteiger partial charge in [-0.2, -0.15) is 5.26 Å². The number of anilines is 1. The highest BCUT2D eigenvalue weighted by Gasteiger charge is 2.23. The lowest BCUT2D eigenvalue weighted by molar-refractivity contribution is -0.385. The van der Waals surface area contributed by atoms with E-state index in [4.69, 9.17) is 5.26 Å². The molecule has 1 amide bonds. The van der Waals surface area contributed by atoms with Crippen LogP contribution in [-0.2, 0) is 4.79 Å². The van der Waals surface area contributed by atoms with Crippen LogP contribution in [0.15, 0.2) is 16.6 Å². The van der Waals surface area contributed by atoms with Gasteiger partial charge in [-0.05, 0) is 34.8 Å². The summed E-state index contributed by atoms with van der Waals surface area (Å²) >= 11 is 3.25. The van der Waals surface area contributed by atoms with Gasteiger partial charge in [-0.3, -0.25) is 14.9 Å². The fraction of sp³-hybridized carbons (Fsp3) is 0.385. The molecule has 1 atom stereocenters. The lowest BCUT2D eigenvalue weighted by atomic mass is 9.96. The zero-order valence-corrected chi connectivity index (χ0v) is 12.9. The van der Waals surface area contributed by atoms with Gasteiger partial charge >= 0.3 is 0 Å². The molecule has 1 aromatic rings. The zero-order chi connectivity index (χ0) is 15.4. The number of aryl methyl sites for hydroxylation is 1. The Morgan fingerprint density at radius 3 is 2.55 bits per heavy atom. The number of rotatable bonds is 4. The smallest absolute Gasteiger partial charge is 0.274 e. The largest absolute Gasteiger partial charge is 0.324 e. The number of carbonyl (C=O) groups excluding carboxylic acids is 1. The number of halogens is 1. The highest BCUT2D eigenvalue weighted by molar-refractivity contribution is 9.10. The van der Waals surface area contributed by atoms with Gasteiger partial charge in [0, 0.05) is 16.1 Å². The maximum Gasteiger partial charge on any atom is 0.274 e. The van der Waals surface area contributed by atoms with E-state index in [1.165, 1.54) is 6.07 Å². The number of nitro benzene ring substituents is 1. The molecule has 1 rings (SSSR count). The minimum atomic E-state index is -0.803. The first-order chi connectivity index (χ1) is 9.27. The number of benzene rings is 1. The van der Waals surface area contributed by atoms with Crippen LogP contribution in [0, 0.1) is 40.2 Å². The van der Waals surface area contributed by atoms with Gasteiger partial charge < -0.3 is 5.32 Å². The Morgan fingerprint density at radius 1 is 1.50 bits per heavy atom. The molecule has 0 saturated carbocycles. The molecule has 0 saturated heterocycles. The number of nitro groups is 1. The number of amides is 1. The molecule has 0 radical (unpaired) electrons. The van der Waals surface area contributed by atoms with Crippen molar-refractivity contribution in [3.63, 3.8) is 0 Å². The van der Waals surface area contributed by atoms with Gasteiger partial charge in [0.15, 0.2) is 0 Å². The Balaban J connectivity index is 3.10. The number of hydrogen-bond donors (Lipinski definition) is 1. The maximum absolute atomic E-state index is 12.0. The Kier molecular flexibility index (Phi) is 5.22. The number of nitrogens with zero attached hydrogens (tertiary/aromatic N) is 2. The fourth-order valence-electron chi connectivity index (χ4n) is 1.67. The minimum absolute atomic E-state index is 0.0819. The fourth-order valence-corrected chi connectivity index (χ4v) is 2.23. The first-order valence-corrected chi connectivity index (χ1v) is 6.72. The average molecular weight is 340 g/mol. The van der Waals surface area contributed by atoms with Crippen LogP contribution in [0.5, 0.6) is 0 Å². The molecule has 1 aromatic carbocycles. The second-order valence-corrected chi connectivity index (χ2v) is 5.57. The summed E-state index contributed by atoms with van der Waals surface area (Å²) in [5.74, 6) is -1.41. The van der Waals surface area contributed by atoms with Crippen LogP contribution >= 0.6 is 15.9 Å². The summed E-state index contributed by atoms with van der Waals surface area (Å²) in [6.07, 6.45) is 0. The third-order valence-corrected chi connectivity index (χ3v) is 3.48. The van der Waals surface area contributed by atoms with Gasteiger partial charge in [0.05, 0.1) is 16.7 Å². The van der Waals surface area contributed by atoms with Crippen molar-refractivity contribution in [1.29, 1.82) is 5.26 Å². The molecule has 0 aliphatic carbocycles. The summed E-state index contributed by atoms with van der Waals surface area (Å²) in [7, 11) is 0. The number of carbonyl (C=O) groups is 1. The van der Waals surface area contributed by atoms with Gasteiger partial charge in [0.1, 0.15) is 5.92 Å². The first-order valence-electron chi connectivity index (χ1n) is 5.93. The van der Waals surface area contributed by atoms with Crippen LogP contribution < -0.4 is 5.32 Å². The van der Waals surface area contributed by atoms with Crippen molar-refractivity contribution in [2.24, 2.45) is 11.8 Å². The molecule has 0 heterocycles. The quantitative estimate of drug-likeness (QED) is 0.671. The van der Waals surface area contributed by atoms with Gasteiger partial charge in [-0.25, -0.2) is 0 Å². The van der Waals surface area contributed by atoms with Crippen LogP contribution in [-0.4, -0.2) is 10.8 Å². The van der Waals surface area contributed by atoms with Gasteiger partial charge in [-0.1, -0.05) is 13.8 Å². The summed E-state index contributed by atoms with van der Waals surface area (Å²) in [5.41, 5.74) is 0.690. The molecule has 0 aromatic heterocycles. The minimum Gasteiger partial charge on any atom is -0.324 e. The lowest BCUT2D eigenvalue weighted by Crippen LogP contribution is -2.25. The summed E-state index contributed by atoms with van der Waals surface area (Å²) in [4.78, 5) is 22.4. The SMILES string of the molecule is Cc1cc(Br)c(NC(=O)C(C#N)C(C)C)cc1[N+](=O)[O-]. The Labute approximate surface area is 125 Å². The topological polar surface area (TPSA) is 96.0 Å². The van der Waals surface area contributed by atoms with Crippen molar-refractivity contribution in [3.05, 3.63) is 32.3 Å². The molecule has 0 spiro atoms. The van der Waals surface area contributed by atoms with E-state index in [0.29, 0.717) is 10.0 Å². The molecule has 0 fully saturated rings. The second kappa shape index (κ2) is 6.48. The molecular formula is C13H14BrN3O3. The first kappa shape index (κ1) is 16.1. The van der Waals surface area contributed by atoms with E-state index in [1.54, 1.807) is 26.8 Å². The molecule has 106 valence electrons. The molecule has 0 aliphatic rings. The Morgan fingerprint density at radius 2 is 2.10 bits per heavy atom. The highest BCUT2D eigenvalue weighted by Crippen LogP contribution is 2.31. The molecular weight excluding hydrogens is 326 g/mol. The van der Waals surface area contributed by atoms with Gasteiger partial charge in [0.25, 0.3) is 5.69 Å². The number of hydrogen-bond acceptors (Lipinski definition) is 4. The summed E-state index contributed by atoms with van der Waals surface area (Å²) < 4.78 is 0.536. The van der Waals surface area contributed by atoms with Crippen molar-refractivity contribution in [2.45, 2.75) is 20.8 Å². The molecule has 20 heavy (non-hydrogen) atoms. The summed E-state index contributed by atoms with van der Waals surface area (Å²) in [6.45, 7) is 5.14. The van der Waals surface area contributed by atoms with E-state index >= 15 is 0 Å². The van der Waals surface area contributed by atoms with E-state index < -0.39 is 16.7 Å². The van der Waals surface area contributed by atoms with Gasteiger partial charge in [-0.15, -0.1) is 0 Å². The second-order valence-electron chi connectivity index (χ2n) is 4.72. The third kappa shape index (κ3) is 3.54. The van der Waals surface area contributed by atoms with Crippen molar-refractivity contribution in [3.8, 4) is 6.07 Å². The molecule has 7 heteroatoms. The number of nitriles is 1. The van der Waals surface area contributed by atoms with Crippen molar-refractivity contribution < 1.29 is 9.72 Å². The average Bonchev–Trinajstić information content (AvgIpc) is 2.32. The van der Waals surface area contributed by atoms with Gasteiger partial charge in [0.2, 0.25) is 5.91 Å². The predicted octanol–water partition coefficient (Wildman–Crippen LogP) is 3.40. The van der Waals surface area contributed by atoms with Crippen LogP contribution in [0.25, 0.3) is 0 Å². The van der Waals surface area contributed by atoms with Crippen LogP contribution in [0.3, 0.4) is 0 Å². The van der Waals surface area contributed by atoms with E-state index in [2.05, 4.69) is 21.2 Å². The Hall–Kier alpha value is -1.94. The normalized spacial score (nSPS) is 11.8. The molecule has 1 unspecified atom stereocenters. The summed E-state index contributed by atoms with van der Waals surface area (Å²) in [6, 6.07) is 4.77. The van der Waals surface area contributed by atoms with Crippen LogP contribution in [0.4, 0.5) is 11.4 Å². The van der Waals surface area contributed by atoms with Crippen molar-refractivity contribution >= 4 is 33.2 Å². The highest BCUT2D eigenvalue weighted by atomic mass is 79.9. The van der Waals surface area contributed by atoms with E-state index in [9.17, 15) is 14.9 Å². The lowest BCUT2D eigenvalue weighted by Gasteiger charge is -2.14. The monoisotopic (exact) mass is 339 g/mol. The van der Waals surface area contributed by atoms with Crippen molar-refractivity contribution in [1.82, 2.24) is 0 Å². The molecule has 0 bridgehead atoms. The number of nitrogens with one attached hydrogen (secondary N) is 1. The summed E-state index contributed by atoms with van der Waals surface area (Å²) in [5, 5.41) is 22.4. The Bertz CT molecular complexity index is 593. The van der Waals surface area contributed by atoms with E-state index in [0.717, 1.165) is 0 Å². The standard InChI is InChI=1S/C13H14BrN3O3/c1-7(2)9(6-15)13(18)16-11-5-12(17(19)20)8(3)4-10(11)14/h4-5,7,9H,1-3H3,(H,16,18). The molecule has 1 N–H and O–H groups in total. The van der Waals surface area contributed by atoms with E-state index in [1.807, 2.05) is 6.07 Å². The van der Waals surface area contributed by atoms with Crippen LogP contribution in [0.2, 0.25) is 0 Å². The molecule has 6 nitrogen and oxygen atoms in total. The third-order valence-electron chi connectivity index (χ3n) is 2.83. The molecule has 0 aliphatic heterocycles. The van der Waals surface area contributed by atoms with Crippen molar-refractivity contribution in [2.75, 3.05) is 5.32 Å². The zero-order valence-electron chi connectivity index (χ0n) is 11.3. The maximum atomic E-state index is 12.0.